The van der Waals surface area contributed by atoms with Crippen molar-refractivity contribution in [2.24, 2.45) is 0 Å². The van der Waals surface area contributed by atoms with E-state index in [0.29, 0.717) is 0 Å². The van der Waals surface area contributed by atoms with Gasteiger partial charge in [0.15, 0.2) is 0 Å². The first kappa shape index (κ1) is 20.1. The Kier molecular flexibility index (Phi) is 7.05. The molecule has 0 aliphatic rings. The van der Waals surface area contributed by atoms with Crippen LogP contribution >= 0.6 is 8.16 Å². The Bertz CT molecular complexity index is 482. The Morgan fingerprint density at radius 3 is 1.72 bits per heavy atom. The molecule has 11 heteroatoms. The van der Waals surface area contributed by atoms with Crippen molar-refractivity contribution in [3.63, 3.8) is 0 Å². The quantitative estimate of drug-likeness (QED) is 0.373. The summed E-state index contributed by atoms with van der Waals surface area (Å²) in [5.74, 6) is 0. The molecule has 0 aliphatic carbocycles. The van der Waals surface area contributed by atoms with Crippen LogP contribution in [0.15, 0.2) is 29.2 Å². The summed E-state index contributed by atoms with van der Waals surface area (Å²) in [6.45, 7) is 1.76. The molecular weight excluding hydrogens is 297 g/mol. The molecule has 0 saturated heterocycles. The molecule has 0 unspecified atom stereocenters. The Balaban J connectivity index is 0. The Labute approximate surface area is 113 Å². The van der Waals surface area contributed by atoms with E-state index in [1.165, 1.54) is 12.1 Å². The summed E-state index contributed by atoms with van der Waals surface area (Å²) >= 11 is 0. The third-order valence-corrected chi connectivity index (χ3v) is 2.14. The summed E-state index contributed by atoms with van der Waals surface area (Å²) in [6.07, 6.45) is 0. The molecule has 0 radical (unpaired) electrons. The fourth-order valence-electron chi connectivity index (χ4n) is 0.776. The van der Waals surface area contributed by atoms with Gasteiger partial charge in [-0.05, 0) is 24.6 Å². The molecule has 0 bridgehead atoms. The molecule has 0 fully saturated rings. The molecule has 102 valence electrons. The topological polar surface area (TPSA) is 54.4 Å². The maximum absolute atomic E-state index is 10.5. The third kappa shape index (κ3) is 13.9. The number of halogens is 5. The molecule has 0 aliphatic heterocycles. The molecule has 1 rings (SSSR count). The molecule has 0 aromatic heterocycles. The van der Waals surface area contributed by atoms with Gasteiger partial charge in [0.2, 0.25) is 0 Å². The van der Waals surface area contributed by atoms with Gasteiger partial charge in [-0.2, -0.15) is 8.42 Å². The van der Waals surface area contributed by atoms with Crippen LogP contribution in [0, 0.1) is 6.92 Å². The SMILES string of the molecule is Cc1cccc(S(=O)(=O)O)c1.FP(F)(F)(F)F.[LiH]. The molecule has 0 atom stereocenters. The van der Waals surface area contributed by atoms with E-state index in [-0.39, 0.29) is 23.8 Å². The van der Waals surface area contributed by atoms with Gasteiger partial charge in [0.05, 0.1) is 4.90 Å². The summed E-state index contributed by atoms with van der Waals surface area (Å²) in [4.78, 5) is -0.0579. The zero-order valence-electron chi connectivity index (χ0n) is 8.32. The van der Waals surface area contributed by atoms with Crippen LogP contribution in [0.3, 0.4) is 0 Å². The second kappa shape index (κ2) is 6.31. The predicted octanol–water partition coefficient (Wildman–Crippen LogP) is 3.56. The minimum atomic E-state index is -8.55. The first-order valence-electron chi connectivity index (χ1n) is 3.89. The van der Waals surface area contributed by atoms with E-state index in [9.17, 15) is 29.4 Å². The second-order valence-corrected chi connectivity index (χ2v) is 5.63. The van der Waals surface area contributed by atoms with Crippen LogP contribution in [0.5, 0.6) is 0 Å². The van der Waals surface area contributed by atoms with Crippen LogP contribution in [0.4, 0.5) is 21.0 Å². The van der Waals surface area contributed by atoms with Crippen molar-refractivity contribution in [3.8, 4) is 0 Å². The number of benzene rings is 1. The van der Waals surface area contributed by atoms with Gasteiger partial charge in [-0.1, -0.05) is 12.1 Å². The van der Waals surface area contributed by atoms with E-state index in [1.807, 2.05) is 0 Å². The molecular formula is C7H9F5LiO3PS. The number of hydrogen-bond acceptors (Lipinski definition) is 2. The predicted molar refractivity (Wildman–Crippen MR) is 60.6 cm³/mol. The first-order chi connectivity index (χ1) is 7.24. The van der Waals surface area contributed by atoms with Crippen molar-refractivity contribution < 1.29 is 34.0 Å². The molecule has 0 heterocycles. The maximum atomic E-state index is 10.5. The van der Waals surface area contributed by atoms with E-state index in [1.54, 1.807) is 19.1 Å². The number of rotatable bonds is 1. The van der Waals surface area contributed by atoms with Crippen molar-refractivity contribution in [1.29, 1.82) is 0 Å². The van der Waals surface area contributed by atoms with E-state index < -0.39 is 18.3 Å². The molecule has 0 saturated carbocycles. The number of hydrogen-bond donors (Lipinski definition) is 1. The van der Waals surface area contributed by atoms with Gasteiger partial charge >= 0.3 is 48.0 Å². The van der Waals surface area contributed by atoms with Gasteiger partial charge in [0.1, 0.15) is 0 Å². The summed E-state index contributed by atoms with van der Waals surface area (Å²) in [5, 5.41) is 0. The molecule has 18 heavy (non-hydrogen) atoms. The van der Waals surface area contributed by atoms with E-state index in [0.717, 1.165) is 5.56 Å². The average molecular weight is 306 g/mol. The van der Waals surface area contributed by atoms with Crippen LogP contribution in [-0.2, 0) is 10.1 Å². The fraction of sp³-hybridized carbons (Fsp3) is 0.143. The van der Waals surface area contributed by atoms with Gasteiger partial charge in [-0.15, -0.1) is 0 Å². The van der Waals surface area contributed by atoms with Crippen LogP contribution in [0.1, 0.15) is 5.56 Å². The minimum absolute atomic E-state index is 0. The van der Waals surface area contributed by atoms with E-state index >= 15 is 0 Å². The van der Waals surface area contributed by atoms with Gasteiger partial charge in [-0.3, -0.25) is 4.55 Å². The number of aryl methyl sites for hydroxylation is 1. The van der Waals surface area contributed by atoms with Gasteiger partial charge in [0, 0.05) is 0 Å². The van der Waals surface area contributed by atoms with Crippen LogP contribution < -0.4 is 0 Å². The Morgan fingerprint density at radius 2 is 1.50 bits per heavy atom. The van der Waals surface area contributed by atoms with Crippen molar-refractivity contribution in [1.82, 2.24) is 0 Å². The van der Waals surface area contributed by atoms with Crippen LogP contribution in [-0.4, -0.2) is 31.8 Å². The Hall–Kier alpha value is -0.193. The summed E-state index contributed by atoms with van der Waals surface area (Å²) in [5.41, 5.74) is 0.806. The average Bonchev–Trinajstić information content (AvgIpc) is 1.97. The summed E-state index contributed by atoms with van der Waals surface area (Å²) < 4.78 is 78.9. The normalized spacial score (nSPS) is 13.4. The zero-order chi connectivity index (χ0) is 13.9. The molecule has 0 spiro atoms. The van der Waals surface area contributed by atoms with Crippen molar-refractivity contribution in [2.45, 2.75) is 11.8 Å². The molecule has 1 N–H and O–H groups in total. The van der Waals surface area contributed by atoms with Gasteiger partial charge in [0.25, 0.3) is 10.1 Å². The van der Waals surface area contributed by atoms with E-state index in [4.69, 9.17) is 4.55 Å². The molecule has 0 amide bonds. The van der Waals surface area contributed by atoms with Crippen LogP contribution in [0.25, 0.3) is 0 Å². The summed E-state index contributed by atoms with van der Waals surface area (Å²) in [6, 6.07) is 6.10. The van der Waals surface area contributed by atoms with Crippen molar-refractivity contribution in [3.05, 3.63) is 29.8 Å². The van der Waals surface area contributed by atoms with Gasteiger partial charge in [-0.25, -0.2) is 0 Å². The van der Waals surface area contributed by atoms with Crippen molar-refractivity contribution in [2.75, 3.05) is 0 Å². The fourth-order valence-corrected chi connectivity index (χ4v) is 1.36. The van der Waals surface area contributed by atoms with Crippen molar-refractivity contribution >= 4 is 37.1 Å². The molecule has 3 nitrogen and oxygen atoms in total. The molecule has 1 aromatic rings. The van der Waals surface area contributed by atoms with Gasteiger partial charge < -0.3 is 0 Å². The standard InChI is InChI=1S/C7H8O3S.F5P.Li.H/c1-6-3-2-4-7(5-6)11(8,9)10;1-6(2,3,4)5;;/h2-5H,1H3,(H,8,9,10);;;. The van der Waals surface area contributed by atoms with E-state index in [2.05, 4.69) is 0 Å². The summed E-state index contributed by atoms with van der Waals surface area (Å²) in [7, 11) is -12.6. The third-order valence-electron chi connectivity index (χ3n) is 1.29. The zero-order valence-corrected chi connectivity index (χ0v) is 10.0. The monoisotopic (exact) mass is 306 g/mol. The Morgan fingerprint density at radius 1 is 1.11 bits per heavy atom. The first-order valence-corrected chi connectivity index (χ1v) is 7.02. The molecule has 1 aromatic carbocycles. The van der Waals surface area contributed by atoms with Crippen LogP contribution in [0.2, 0.25) is 0 Å². The second-order valence-electron chi connectivity index (χ2n) is 2.93.